The smallest absolute Gasteiger partial charge is 0.327 e. The zero-order chi connectivity index (χ0) is 9.07. The third kappa shape index (κ3) is 5.76. The summed E-state index contributed by atoms with van der Waals surface area (Å²) in [6.45, 7) is 0. The number of hydrogen-bond acceptors (Lipinski definition) is 4. The lowest BCUT2D eigenvalue weighted by Crippen LogP contribution is -2.41. The number of rotatable bonds is 2. The summed E-state index contributed by atoms with van der Waals surface area (Å²) in [5, 5.41) is 14.7. The second-order valence-corrected chi connectivity index (χ2v) is 3.51. The Hall–Kier alpha value is -0.670. The minimum Gasteiger partial charge on any atom is -0.486 e. The van der Waals surface area contributed by atoms with Gasteiger partial charge in [-0.2, -0.15) is 8.42 Å². The van der Waals surface area contributed by atoms with Crippen LogP contribution >= 0.6 is 24.4 Å². The molecule has 9 heteroatoms. The molecule has 0 aromatic carbocycles. The number of thiocarbonyl (C=S) groups is 2. The van der Waals surface area contributed by atoms with Crippen LogP contribution in [0, 0.1) is 0 Å². The van der Waals surface area contributed by atoms with Gasteiger partial charge in [-0.15, -0.1) is 0 Å². The van der Waals surface area contributed by atoms with E-state index in [1.54, 1.807) is 0 Å². The molecule has 0 aromatic rings. The molecule has 0 aliphatic carbocycles. The summed E-state index contributed by atoms with van der Waals surface area (Å²) in [5.41, 5.74) is 0. The molecule has 0 radical (unpaired) electrons. The van der Waals surface area contributed by atoms with Gasteiger partial charge in [-0.1, -0.05) is 0 Å². The van der Waals surface area contributed by atoms with E-state index < -0.39 is 20.6 Å². The third-order valence-electron chi connectivity index (χ3n) is 0.443. The van der Waals surface area contributed by atoms with Crippen molar-refractivity contribution in [2.24, 2.45) is 0 Å². The molecule has 0 heterocycles. The van der Waals surface area contributed by atoms with E-state index in [2.05, 4.69) is 24.4 Å². The normalized spacial score (nSPS) is 10.2. The molecule has 0 aliphatic heterocycles. The van der Waals surface area contributed by atoms with E-state index in [1.807, 2.05) is 0 Å². The lowest BCUT2D eigenvalue weighted by atomic mass is 11.4. The molecular formula is C2H4N2O4S3. The van der Waals surface area contributed by atoms with Crippen molar-refractivity contribution in [2.45, 2.75) is 0 Å². The predicted molar refractivity (Wildman–Crippen MR) is 45.6 cm³/mol. The van der Waals surface area contributed by atoms with Crippen molar-refractivity contribution in [3.8, 4) is 0 Å². The van der Waals surface area contributed by atoms with Gasteiger partial charge >= 0.3 is 10.2 Å². The third-order valence-corrected chi connectivity index (χ3v) is 1.83. The van der Waals surface area contributed by atoms with Crippen molar-refractivity contribution in [3.63, 3.8) is 0 Å². The predicted octanol–water partition coefficient (Wildman–Crippen LogP) is -0.904. The zero-order valence-corrected chi connectivity index (χ0v) is 7.39. The molecule has 0 aliphatic rings. The van der Waals surface area contributed by atoms with Crippen LogP contribution in [0.4, 0.5) is 0 Å². The maximum atomic E-state index is 10.5. The van der Waals surface area contributed by atoms with Crippen LogP contribution < -0.4 is 9.44 Å². The number of aliphatic hydroxyl groups is 2. The van der Waals surface area contributed by atoms with Gasteiger partial charge in [-0.25, -0.2) is 9.44 Å². The van der Waals surface area contributed by atoms with Gasteiger partial charge < -0.3 is 10.2 Å². The van der Waals surface area contributed by atoms with E-state index in [9.17, 15) is 8.42 Å². The number of hydrogen-bond donors (Lipinski definition) is 4. The summed E-state index contributed by atoms with van der Waals surface area (Å²) in [7, 11) is -4.06. The molecule has 0 saturated heterocycles. The minimum atomic E-state index is -4.06. The van der Waals surface area contributed by atoms with Crippen molar-refractivity contribution in [2.75, 3.05) is 0 Å². The van der Waals surface area contributed by atoms with Crippen LogP contribution in [0.2, 0.25) is 0 Å². The van der Waals surface area contributed by atoms with Gasteiger partial charge in [-0.05, 0) is 24.4 Å². The van der Waals surface area contributed by atoms with E-state index in [0.29, 0.717) is 0 Å². The Labute approximate surface area is 73.4 Å². The molecular weight excluding hydrogens is 212 g/mol. The van der Waals surface area contributed by atoms with Crippen molar-refractivity contribution >= 4 is 45.0 Å². The van der Waals surface area contributed by atoms with Gasteiger partial charge in [-0.3, -0.25) is 0 Å². The van der Waals surface area contributed by atoms with Crippen molar-refractivity contribution < 1.29 is 18.6 Å². The van der Waals surface area contributed by atoms with Crippen LogP contribution in [-0.2, 0) is 10.2 Å². The zero-order valence-electron chi connectivity index (χ0n) is 4.94. The summed E-state index contributed by atoms with van der Waals surface area (Å²) in [6.07, 6.45) is 0. The second-order valence-electron chi connectivity index (χ2n) is 1.32. The largest absolute Gasteiger partial charge is 0.486 e. The minimum absolute atomic E-state index is 0.936. The van der Waals surface area contributed by atoms with Crippen molar-refractivity contribution in [1.82, 2.24) is 9.44 Å². The highest BCUT2D eigenvalue weighted by Gasteiger charge is 2.10. The molecule has 0 spiro atoms. The van der Waals surface area contributed by atoms with Crippen LogP contribution in [-0.4, -0.2) is 29.0 Å². The van der Waals surface area contributed by atoms with Gasteiger partial charge in [0.2, 0.25) is 0 Å². The molecule has 64 valence electrons. The Balaban J connectivity index is 4.25. The molecule has 0 amide bonds. The number of nitrogens with one attached hydrogen (secondary N) is 2. The molecule has 0 unspecified atom stereocenters. The summed E-state index contributed by atoms with van der Waals surface area (Å²) in [6, 6.07) is 0. The first kappa shape index (κ1) is 10.3. The number of aliphatic hydroxyl groups excluding tert-OH is 2. The van der Waals surface area contributed by atoms with Crippen LogP contribution in [0.3, 0.4) is 0 Å². The Morgan fingerprint density at radius 3 is 1.55 bits per heavy atom. The molecule has 0 aromatic heterocycles. The van der Waals surface area contributed by atoms with Gasteiger partial charge in [0.15, 0.2) is 0 Å². The first-order chi connectivity index (χ1) is 4.83. The monoisotopic (exact) mass is 216 g/mol. The van der Waals surface area contributed by atoms with Crippen LogP contribution in [0.25, 0.3) is 0 Å². The maximum Gasteiger partial charge on any atom is 0.327 e. The Kier molecular flexibility index (Phi) is 3.42. The topological polar surface area (TPSA) is 98.7 Å². The van der Waals surface area contributed by atoms with Gasteiger partial charge in [0, 0.05) is 0 Å². The Morgan fingerprint density at radius 1 is 1.09 bits per heavy atom. The summed E-state index contributed by atoms with van der Waals surface area (Å²) in [4.78, 5) is 0. The fourth-order valence-corrected chi connectivity index (χ4v) is 1.42. The summed E-state index contributed by atoms with van der Waals surface area (Å²) >= 11 is 7.99. The van der Waals surface area contributed by atoms with E-state index in [4.69, 9.17) is 10.2 Å². The van der Waals surface area contributed by atoms with Gasteiger partial charge in [0.25, 0.3) is 10.3 Å². The SMILES string of the molecule is O=S(=O)(NC(O)=S)NC(O)=S. The van der Waals surface area contributed by atoms with Gasteiger partial charge in [0.1, 0.15) is 0 Å². The molecule has 6 nitrogen and oxygen atoms in total. The van der Waals surface area contributed by atoms with E-state index >= 15 is 0 Å². The molecule has 4 N–H and O–H groups in total. The van der Waals surface area contributed by atoms with Crippen molar-refractivity contribution in [3.05, 3.63) is 0 Å². The average Bonchev–Trinajstić information content (AvgIpc) is 1.53. The Bertz CT molecular complexity index is 247. The molecule has 0 saturated carbocycles. The van der Waals surface area contributed by atoms with Crippen LogP contribution in [0.5, 0.6) is 0 Å². The first-order valence-corrected chi connectivity index (χ1v) is 4.40. The van der Waals surface area contributed by atoms with E-state index in [1.165, 1.54) is 9.44 Å². The molecule has 0 bridgehead atoms. The molecule has 11 heavy (non-hydrogen) atoms. The fourth-order valence-electron chi connectivity index (χ4n) is 0.255. The Morgan fingerprint density at radius 2 is 1.36 bits per heavy atom. The molecule has 0 fully saturated rings. The molecule has 0 atom stereocenters. The molecule has 0 rings (SSSR count). The van der Waals surface area contributed by atoms with Crippen molar-refractivity contribution in [1.29, 1.82) is 0 Å². The lowest BCUT2D eigenvalue weighted by molar-refractivity contribution is 0.529. The van der Waals surface area contributed by atoms with Crippen LogP contribution in [0.1, 0.15) is 0 Å². The summed E-state index contributed by atoms with van der Waals surface area (Å²) < 4.78 is 24.0. The quantitative estimate of drug-likeness (QED) is 0.446. The first-order valence-electron chi connectivity index (χ1n) is 2.10. The maximum absolute atomic E-state index is 10.5. The van der Waals surface area contributed by atoms with Crippen LogP contribution in [0.15, 0.2) is 0 Å². The standard InChI is InChI=1S/C2H4N2O4S3/c5-1(9)3-11(7,8)4-2(6)10/h(H2,3,5,9)(H2,4,6,10). The highest BCUT2D eigenvalue weighted by molar-refractivity contribution is 7.92. The summed E-state index contributed by atoms with van der Waals surface area (Å²) in [5.74, 6) is 0. The lowest BCUT2D eigenvalue weighted by Gasteiger charge is -2.03. The van der Waals surface area contributed by atoms with E-state index in [-0.39, 0.29) is 0 Å². The fraction of sp³-hybridized carbons (Fsp3) is 0. The highest BCUT2D eigenvalue weighted by Crippen LogP contribution is 1.77. The average molecular weight is 216 g/mol. The van der Waals surface area contributed by atoms with E-state index in [0.717, 1.165) is 0 Å². The second kappa shape index (κ2) is 3.64. The highest BCUT2D eigenvalue weighted by atomic mass is 32.2. The van der Waals surface area contributed by atoms with Gasteiger partial charge in [0.05, 0.1) is 0 Å².